The molecule has 2 amide bonds. The smallest absolute Gasteiger partial charge is 0.243 e. The second kappa shape index (κ2) is 9.12. The molecule has 0 heterocycles. The molecule has 0 fully saturated rings. The monoisotopic (exact) mass is 375 g/mol. The second-order valence-electron chi connectivity index (χ2n) is 5.61. The summed E-state index contributed by atoms with van der Waals surface area (Å²) < 4.78 is 25.6. The highest BCUT2D eigenvalue weighted by Gasteiger charge is 2.22. The van der Waals surface area contributed by atoms with Crippen molar-refractivity contribution in [3.05, 3.63) is 66.2 Å². The maximum absolute atomic E-state index is 12.3. The summed E-state index contributed by atoms with van der Waals surface area (Å²) in [6.45, 7) is -0.230. The Morgan fingerprint density at radius 1 is 0.885 bits per heavy atom. The lowest BCUT2D eigenvalue weighted by molar-refractivity contribution is -0.126. The van der Waals surface area contributed by atoms with Crippen LogP contribution in [0.1, 0.15) is 5.56 Å². The van der Waals surface area contributed by atoms with Crippen molar-refractivity contribution >= 4 is 21.8 Å². The number of nitrogens with zero attached hydrogens (tertiary/aromatic N) is 1. The molecule has 0 aliphatic carbocycles. The van der Waals surface area contributed by atoms with Crippen molar-refractivity contribution in [3.63, 3.8) is 0 Å². The van der Waals surface area contributed by atoms with Gasteiger partial charge in [-0.25, -0.2) is 8.42 Å². The molecule has 0 aromatic heterocycles. The first kappa shape index (κ1) is 19.6. The topological polar surface area (TPSA) is 95.6 Å². The van der Waals surface area contributed by atoms with Crippen molar-refractivity contribution < 1.29 is 18.0 Å². The quantitative estimate of drug-likeness (QED) is 0.711. The largest absolute Gasteiger partial charge is 0.350 e. The zero-order chi connectivity index (χ0) is 19.0. The SMILES string of the molecule is CN(CC(=O)NCC(=O)NCc1ccccc1)S(=O)(=O)c1ccccc1. The molecule has 0 saturated heterocycles. The van der Waals surface area contributed by atoms with Crippen LogP contribution >= 0.6 is 0 Å². The van der Waals surface area contributed by atoms with Crippen molar-refractivity contribution in [2.45, 2.75) is 11.4 Å². The van der Waals surface area contributed by atoms with Gasteiger partial charge in [-0.05, 0) is 17.7 Å². The lowest BCUT2D eigenvalue weighted by Gasteiger charge is -2.16. The molecule has 26 heavy (non-hydrogen) atoms. The summed E-state index contributed by atoms with van der Waals surface area (Å²) in [6.07, 6.45) is 0. The first-order valence-corrected chi connectivity index (χ1v) is 9.42. The fourth-order valence-corrected chi connectivity index (χ4v) is 3.30. The van der Waals surface area contributed by atoms with E-state index in [1.54, 1.807) is 18.2 Å². The predicted molar refractivity (Wildman–Crippen MR) is 97.6 cm³/mol. The molecule has 138 valence electrons. The van der Waals surface area contributed by atoms with Gasteiger partial charge in [0.1, 0.15) is 0 Å². The van der Waals surface area contributed by atoms with Gasteiger partial charge in [-0.3, -0.25) is 9.59 Å². The third-order valence-electron chi connectivity index (χ3n) is 3.60. The molecule has 0 radical (unpaired) electrons. The number of nitrogens with one attached hydrogen (secondary N) is 2. The summed E-state index contributed by atoms with van der Waals surface area (Å²) in [4.78, 5) is 23.8. The van der Waals surface area contributed by atoms with Crippen molar-refractivity contribution in [2.24, 2.45) is 0 Å². The zero-order valence-corrected chi connectivity index (χ0v) is 15.2. The molecule has 0 spiro atoms. The van der Waals surface area contributed by atoms with Crippen LogP contribution in [-0.2, 0) is 26.2 Å². The van der Waals surface area contributed by atoms with Crippen LogP contribution in [0.4, 0.5) is 0 Å². The van der Waals surface area contributed by atoms with Crippen LogP contribution in [-0.4, -0.2) is 44.7 Å². The van der Waals surface area contributed by atoms with Crippen LogP contribution in [0.25, 0.3) is 0 Å². The van der Waals surface area contributed by atoms with E-state index in [1.165, 1.54) is 19.2 Å². The molecule has 0 aliphatic rings. The number of amides is 2. The van der Waals surface area contributed by atoms with E-state index in [-0.39, 0.29) is 23.9 Å². The van der Waals surface area contributed by atoms with E-state index in [4.69, 9.17) is 0 Å². The van der Waals surface area contributed by atoms with Crippen molar-refractivity contribution in [1.29, 1.82) is 0 Å². The molecule has 0 unspecified atom stereocenters. The second-order valence-corrected chi connectivity index (χ2v) is 7.66. The average molecular weight is 375 g/mol. The minimum atomic E-state index is -3.75. The summed E-state index contributed by atoms with van der Waals surface area (Å²) in [7, 11) is -2.43. The summed E-state index contributed by atoms with van der Waals surface area (Å²) >= 11 is 0. The molecule has 2 aromatic carbocycles. The van der Waals surface area contributed by atoms with E-state index in [0.717, 1.165) is 9.87 Å². The van der Waals surface area contributed by atoms with Crippen LogP contribution in [0, 0.1) is 0 Å². The molecule has 0 bridgehead atoms. The highest BCUT2D eigenvalue weighted by molar-refractivity contribution is 7.89. The Labute approximate surface area is 153 Å². The minimum absolute atomic E-state index is 0.107. The Morgan fingerprint density at radius 2 is 1.46 bits per heavy atom. The molecule has 2 rings (SSSR count). The van der Waals surface area contributed by atoms with Crippen LogP contribution in [0.3, 0.4) is 0 Å². The minimum Gasteiger partial charge on any atom is -0.350 e. The first-order valence-electron chi connectivity index (χ1n) is 7.98. The summed E-state index contributed by atoms with van der Waals surface area (Å²) in [5.74, 6) is -0.905. The Morgan fingerprint density at radius 3 is 2.08 bits per heavy atom. The predicted octanol–water partition coefficient (Wildman–Crippen LogP) is 0.740. The third kappa shape index (κ3) is 5.68. The van der Waals surface area contributed by atoms with E-state index < -0.39 is 15.9 Å². The zero-order valence-electron chi connectivity index (χ0n) is 14.4. The van der Waals surface area contributed by atoms with Gasteiger partial charge in [0.15, 0.2) is 0 Å². The van der Waals surface area contributed by atoms with Gasteiger partial charge in [0.25, 0.3) is 0 Å². The fourth-order valence-electron chi connectivity index (χ4n) is 2.15. The Hall–Kier alpha value is -2.71. The highest BCUT2D eigenvalue weighted by atomic mass is 32.2. The van der Waals surface area contributed by atoms with Crippen LogP contribution in [0.2, 0.25) is 0 Å². The maximum Gasteiger partial charge on any atom is 0.243 e. The van der Waals surface area contributed by atoms with E-state index >= 15 is 0 Å². The number of likely N-dealkylation sites (N-methyl/N-ethyl adjacent to an activating group) is 1. The number of hydrogen-bond donors (Lipinski definition) is 2. The van der Waals surface area contributed by atoms with Crippen molar-refractivity contribution in [1.82, 2.24) is 14.9 Å². The Bertz CT molecular complexity index is 839. The molecule has 8 heteroatoms. The number of hydrogen-bond acceptors (Lipinski definition) is 4. The summed E-state index contributed by atoms with van der Waals surface area (Å²) in [5, 5.41) is 5.09. The van der Waals surface area contributed by atoms with E-state index in [0.29, 0.717) is 6.54 Å². The molecular weight excluding hydrogens is 354 g/mol. The Kier molecular flexibility index (Phi) is 6.88. The molecule has 2 aromatic rings. The first-order chi connectivity index (χ1) is 12.4. The van der Waals surface area contributed by atoms with Gasteiger partial charge >= 0.3 is 0 Å². The lowest BCUT2D eigenvalue weighted by atomic mass is 10.2. The lowest BCUT2D eigenvalue weighted by Crippen LogP contribution is -2.42. The number of rotatable bonds is 8. The Balaban J connectivity index is 1.78. The van der Waals surface area contributed by atoms with Gasteiger partial charge in [-0.2, -0.15) is 4.31 Å². The number of carbonyl (C=O) groups is 2. The van der Waals surface area contributed by atoms with Crippen LogP contribution in [0.5, 0.6) is 0 Å². The van der Waals surface area contributed by atoms with E-state index in [9.17, 15) is 18.0 Å². The summed E-state index contributed by atoms with van der Waals surface area (Å²) in [5.41, 5.74) is 0.945. The normalized spacial score (nSPS) is 11.2. The van der Waals surface area contributed by atoms with Crippen LogP contribution < -0.4 is 10.6 Å². The number of sulfonamides is 1. The number of carbonyl (C=O) groups excluding carboxylic acids is 2. The third-order valence-corrected chi connectivity index (χ3v) is 5.41. The average Bonchev–Trinajstić information content (AvgIpc) is 2.66. The van der Waals surface area contributed by atoms with Gasteiger partial charge in [0.05, 0.1) is 18.0 Å². The number of benzene rings is 2. The molecule has 0 saturated carbocycles. The van der Waals surface area contributed by atoms with Gasteiger partial charge < -0.3 is 10.6 Å². The van der Waals surface area contributed by atoms with Gasteiger partial charge in [0, 0.05) is 13.6 Å². The van der Waals surface area contributed by atoms with Crippen LogP contribution in [0.15, 0.2) is 65.6 Å². The molecule has 7 nitrogen and oxygen atoms in total. The summed E-state index contributed by atoms with van der Waals surface area (Å²) in [6, 6.07) is 17.2. The van der Waals surface area contributed by atoms with E-state index in [1.807, 2.05) is 30.3 Å². The molecule has 2 N–H and O–H groups in total. The van der Waals surface area contributed by atoms with Crippen molar-refractivity contribution in [2.75, 3.05) is 20.1 Å². The standard InChI is InChI=1S/C18H21N3O4S/c1-21(26(24,25)16-10-6-3-7-11-16)14-18(23)20-13-17(22)19-12-15-8-4-2-5-9-15/h2-11H,12-14H2,1H3,(H,19,22)(H,20,23). The maximum atomic E-state index is 12.3. The molecule has 0 aliphatic heterocycles. The fraction of sp³-hybridized carbons (Fsp3) is 0.222. The molecule has 0 atom stereocenters. The van der Waals surface area contributed by atoms with E-state index in [2.05, 4.69) is 10.6 Å². The van der Waals surface area contributed by atoms with Gasteiger partial charge in [0.2, 0.25) is 21.8 Å². The van der Waals surface area contributed by atoms with Gasteiger partial charge in [-0.15, -0.1) is 0 Å². The van der Waals surface area contributed by atoms with Gasteiger partial charge in [-0.1, -0.05) is 48.5 Å². The highest BCUT2D eigenvalue weighted by Crippen LogP contribution is 2.12. The molecular formula is C18H21N3O4S. The van der Waals surface area contributed by atoms with Crippen molar-refractivity contribution in [3.8, 4) is 0 Å².